The van der Waals surface area contributed by atoms with E-state index in [-0.39, 0.29) is 36.0 Å². The van der Waals surface area contributed by atoms with Gasteiger partial charge in [0, 0.05) is 11.8 Å². The Hall–Kier alpha value is -1.39. The zero-order valence-electron chi connectivity index (χ0n) is 18.3. The van der Waals surface area contributed by atoms with Crippen molar-refractivity contribution < 1.29 is 19.0 Å². The van der Waals surface area contributed by atoms with Gasteiger partial charge < -0.3 is 14.2 Å². The SMILES string of the molecule is C[C@@H]1C[C@@H](C)OC([C@@H](C)[C@H]2CC[C@H]3[C@@H](OC(=O)c4ccccc4)CCC[C@]23C)O1. The maximum Gasteiger partial charge on any atom is 0.338 e. The molecule has 1 aliphatic heterocycles. The molecular formula is C25H36O4. The number of rotatable bonds is 4. The van der Waals surface area contributed by atoms with Crippen LogP contribution in [0.25, 0.3) is 0 Å². The van der Waals surface area contributed by atoms with E-state index < -0.39 is 0 Å². The molecule has 3 aliphatic rings. The third-order valence-electron chi connectivity index (χ3n) is 7.86. The summed E-state index contributed by atoms with van der Waals surface area (Å²) >= 11 is 0. The van der Waals surface area contributed by atoms with Crippen LogP contribution in [0.15, 0.2) is 30.3 Å². The molecule has 0 spiro atoms. The minimum atomic E-state index is -0.182. The van der Waals surface area contributed by atoms with E-state index in [1.807, 2.05) is 30.3 Å². The van der Waals surface area contributed by atoms with Crippen LogP contribution in [-0.4, -0.2) is 30.6 Å². The smallest absolute Gasteiger partial charge is 0.338 e. The predicted molar refractivity (Wildman–Crippen MR) is 112 cm³/mol. The molecule has 0 radical (unpaired) electrons. The van der Waals surface area contributed by atoms with Crippen molar-refractivity contribution in [3.05, 3.63) is 35.9 Å². The van der Waals surface area contributed by atoms with E-state index in [2.05, 4.69) is 27.7 Å². The van der Waals surface area contributed by atoms with Gasteiger partial charge in [0.15, 0.2) is 6.29 Å². The molecule has 1 aromatic rings. The van der Waals surface area contributed by atoms with Crippen LogP contribution in [0.5, 0.6) is 0 Å². The number of fused-ring (bicyclic) bond motifs is 1. The van der Waals surface area contributed by atoms with Crippen LogP contribution in [0.3, 0.4) is 0 Å². The summed E-state index contributed by atoms with van der Waals surface area (Å²) in [5.41, 5.74) is 0.824. The maximum atomic E-state index is 12.7. The third kappa shape index (κ3) is 4.11. The molecule has 0 aromatic heterocycles. The van der Waals surface area contributed by atoms with Gasteiger partial charge >= 0.3 is 5.97 Å². The molecule has 1 aromatic carbocycles. The van der Waals surface area contributed by atoms with Crippen LogP contribution in [-0.2, 0) is 14.2 Å². The third-order valence-corrected chi connectivity index (χ3v) is 7.86. The van der Waals surface area contributed by atoms with Crippen LogP contribution < -0.4 is 0 Å². The molecule has 160 valence electrons. The Morgan fingerprint density at radius 2 is 1.79 bits per heavy atom. The van der Waals surface area contributed by atoms with Crippen molar-refractivity contribution in [1.29, 1.82) is 0 Å². The van der Waals surface area contributed by atoms with Crippen molar-refractivity contribution >= 4 is 5.97 Å². The van der Waals surface area contributed by atoms with Crippen LogP contribution in [0.4, 0.5) is 0 Å². The lowest BCUT2D eigenvalue weighted by Gasteiger charge is -2.48. The van der Waals surface area contributed by atoms with Gasteiger partial charge in [0.2, 0.25) is 0 Å². The Labute approximate surface area is 175 Å². The lowest BCUT2D eigenvalue weighted by atomic mass is 9.61. The highest BCUT2D eigenvalue weighted by molar-refractivity contribution is 5.89. The molecule has 1 saturated heterocycles. The van der Waals surface area contributed by atoms with Gasteiger partial charge in [-0.15, -0.1) is 0 Å². The molecule has 0 amide bonds. The zero-order valence-corrected chi connectivity index (χ0v) is 18.3. The van der Waals surface area contributed by atoms with Gasteiger partial charge in [-0.1, -0.05) is 32.0 Å². The van der Waals surface area contributed by atoms with Gasteiger partial charge in [0.05, 0.1) is 17.8 Å². The van der Waals surface area contributed by atoms with Crippen molar-refractivity contribution in [3.8, 4) is 0 Å². The predicted octanol–water partition coefficient (Wildman–Crippen LogP) is 5.60. The first-order valence-corrected chi connectivity index (χ1v) is 11.5. The Kier molecular flexibility index (Phi) is 6.04. The molecule has 4 rings (SSSR count). The molecule has 0 N–H and O–H groups in total. The molecular weight excluding hydrogens is 364 g/mol. The summed E-state index contributed by atoms with van der Waals surface area (Å²) < 4.78 is 18.5. The zero-order chi connectivity index (χ0) is 20.6. The quantitative estimate of drug-likeness (QED) is 0.617. The Balaban J connectivity index is 1.46. The van der Waals surface area contributed by atoms with Gasteiger partial charge in [-0.05, 0) is 75.8 Å². The summed E-state index contributed by atoms with van der Waals surface area (Å²) in [5, 5.41) is 0. The van der Waals surface area contributed by atoms with Gasteiger partial charge in [-0.25, -0.2) is 4.79 Å². The molecule has 3 fully saturated rings. The van der Waals surface area contributed by atoms with E-state index in [1.54, 1.807) is 0 Å². The van der Waals surface area contributed by atoms with Crippen molar-refractivity contribution in [2.24, 2.45) is 23.2 Å². The Morgan fingerprint density at radius 1 is 1.10 bits per heavy atom. The average Bonchev–Trinajstić information content (AvgIpc) is 3.05. The largest absolute Gasteiger partial charge is 0.458 e. The van der Waals surface area contributed by atoms with E-state index in [1.165, 1.54) is 6.42 Å². The molecule has 7 atom stereocenters. The summed E-state index contributed by atoms with van der Waals surface area (Å²) in [7, 11) is 0. The number of carbonyl (C=O) groups excluding carboxylic acids is 1. The standard InChI is InChI=1S/C25H36O4/c1-16-15-17(2)28-24(27-16)18(3)20-12-13-21-22(11-8-14-25(20,21)4)29-23(26)19-9-6-5-7-10-19/h5-7,9-10,16-18,20-22,24H,8,11-15H2,1-4H3/t16-,17-,18+,20-,21+,22+,25-/m1/s1. The number of hydrogen-bond acceptors (Lipinski definition) is 4. The summed E-state index contributed by atoms with van der Waals surface area (Å²) in [6, 6.07) is 9.38. The first-order chi connectivity index (χ1) is 13.9. The Morgan fingerprint density at radius 3 is 2.48 bits per heavy atom. The van der Waals surface area contributed by atoms with Gasteiger partial charge in [-0.3, -0.25) is 0 Å². The number of carbonyl (C=O) groups is 1. The van der Waals surface area contributed by atoms with E-state index in [4.69, 9.17) is 14.2 Å². The topological polar surface area (TPSA) is 44.8 Å². The summed E-state index contributed by atoms with van der Waals surface area (Å²) in [5.74, 6) is 1.12. The molecule has 0 unspecified atom stereocenters. The van der Waals surface area contributed by atoms with Crippen LogP contribution >= 0.6 is 0 Å². The highest BCUT2D eigenvalue weighted by Gasteiger charge is 2.55. The van der Waals surface area contributed by atoms with Crippen LogP contribution in [0.1, 0.15) is 76.6 Å². The fourth-order valence-electron chi connectivity index (χ4n) is 6.45. The van der Waals surface area contributed by atoms with E-state index in [9.17, 15) is 4.79 Å². The van der Waals surface area contributed by atoms with Crippen LogP contribution in [0.2, 0.25) is 0 Å². The van der Waals surface area contributed by atoms with E-state index in [0.29, 0.717) is 23.3 Å². The first kappa shape index (κ1) is 20.9. The molecule has 2 saturated carbocycles. The summed E-state index contributed by atoms with van der Waals surface area (Å²) in [6.07, 6.45) is 6.93. The van der Waals surface area contributed by atoms with Crippen molar-refractivity contribution in [2.75, 3.05) is 0 Å². The van der Waals surface area contributed by atoms with Crippen molar-refractivity contribution in [1.82, 2.24) is 0 Å². The molecule has 1 heterocycles. The fourth-order valence-corrected chi connectivity index (χ4v) is 6.45. The highest BCUT2D eigenvalue weighted by atomic mass is 16.7. The number of ether oxygens (including phenoxy) is 3. The van der Waals surface area contributed by atoms with Gasteiger partial charge in [0.25, 0.3) is 0 Å². The molecule has 4 nitrogen and oxygen atoms in total. The van der Waals surface area contributed by atoms with Crippen molar-refractivity contribution in [2.45, 2.75) is 90.8 Å². The maximum absolute atomic E-state index is 12.7. The molecule has 29 heavy (non-hydrogen) atoms. The molecule has 4 heteroatoms. The van der Waals surface area contributed by atoms with E-state index >= 15 is 0 Å². The van der Waals surface area contributed by atoms with Crippen LogP contribution in [0, 0.1) is 23.2 Å². The van der Waals surface area contributed by atoms with Gasteiger partial charge in [0.1, 0.15) is 6.10 Å². The lowest BCUT2D eigenvalue weighted by molar-refractivity contribution is -0.264. The number of benzene rings is 1. The average molecular weight is 401 g/mol. The normalized spacial score (nSPS) is 40.8. The lowest BCUT2D eigenvalue weighted by Crippen LogP contribution is -2.47. The second kappa shape index (κ2) is 8.39. The van der Waals surface area contributed by atoms with Gasteiger partial charge in [-0.2, -0.15) is 0 Å². The second-order valence-electron chi connectivity index (χ2n) is 9.85. The minimum absolute atomic E-state index is 0.0182. The molecule has 0 bridgehead atoms. The highest BCUT2D eigenvalue weighted by Crippen LogP contribution is 2.59. The summed E-state index contributed by atoms with van der Waals surface area (Å²) in [4.78, 5) is 12.7. The summed E-state index contributed by atoms with van der Waals surface area (Å²) in [6.45, 7) is 9.02. The van der Waals surface area contributed by atoms with Crippen molar-refractivity contribution in [3.63, 3.8) is 0 Å². The second-order valence-corrected chi connectivity index (χ2v) is 9.85. The minimum Gasteiger partial charge on any atom is -0.458 e. The number of esters is 1. The monoisotopic (exact) mass is 400 g/mol. The van der Waals surface area contributed by atoms with E-state index in [0.717, 1.165) is 32.1 Å². The first-order valence-electron chi connectivity index (χ1n) is 11.5. The number of hydrogen-bond donors (Lipinski definition) is 0. The fraction of sp³-hybridized carbons (Fsp3) is 0.720. The molecule has 2 aliphatic carbocycles. The Bertz CT molecular complexity index is 694.